The number of pyridine rings is 2. The molecule has 3 rings (SSSR count). The molecule has 106 valence electrons. The van der Waals surface area contributed by atoms with Crippen molar-refractivity contribution in [1.29, 1.82) is 0 Å². The summed E-state index contributed by atoms with van der Waals surface area (Å²) >= 11 is 0. The second kappa shape index (κ2) is 5.39. The van der Waals surface area contributed by atoms with Crippen molar-refractivity contribution in [2.45, 2.75) is 46.0 Å². The number of aromatic nitrogens is 2. The molecule has 0 unspecified atom stereocenters. The van der Waals surface area contributed by atoms with Gasteiger partial charge in [-0.15, -0.1) is 0 Å². The van der Waals surface area contributed by atoms with Crippen molar-refractivity contribution in [2.75, 3.05) is 18.0 Å². The monoisotopic (exact) mass is 269 g/mol. The number of nitrogens with zero attached hydrogens (tertiary/aromatic N) is 3. The maximum absolute atomic E-state index is 4.87. The molecule has 3 heterocycles. The molecule has 0 saturated carbocycles. The summed E-state index contributed by atoms with van der Waals surface area (Å²) in [5, 5.41) is 1.29. The van der Waals surface area contributed by atoms with Gasteiger partial charge in [0, 0.05) is 30.4 Å². The smallest absolute Gasteiger partial charge is 0.155 e. The van der Waals surface area contributed by atoms with Crippen LogP contribution in [0.5, 0.6) is 0 Å². The molecule has 0 aromatic carbocycles. The lowest BCUT2D eigenvalue weighted by Gasteiger charge is -2.20. The van der Waals surface area contributed by atoms with Crippen molar-refractivity contribution in [3.63, 3.8) is 0 Å². The maximum atomic E-state index is 4.87. The predicted molar refractivity (Wildman–Crippen MR) is 84.5 cm³/mol. The molecular formula is C17H23N3. The third-order valence-corrected chi connectivity index (χ3v) is 4.19. The summed E-state index contributed by atoms with van der Waals surface area (Å²) in [6.07, 6.45) is 5.44. The van der Waals surface area contributed by atoms with Crippen LogP contribution in [0.4, 0.5) is 5.82 Å². The summed E-state index contributed by atoms with van der Waals surface area (Å²) in [6, 6.07) is 4.39. The van der Waals surface area contributed by atoms with E-state index >= 15 is 0 Å². The molecular weight excluding hydrogens is 246 g/mol. The molecule has 3 heteroatoms. The number of aryl methyl sites for hydroxylation is 1. The molecule has 1 aliphatic heterocycles. The number of hydrogen-bond acceptors (Lipinski definition) is 3. The molecule has 2 aromatic heterocycles. The Bertz CT molecular complexity index is 613. The average molecular weight is 269 g/mol. The molecule has 2 aromatic rings. The highest BCUT2D eigenvalue weighted by atomic mass is 15.2. The zero-order valence-electron chi connectivity index (χ0n) is 12.7. The van der Waals surface area contributed by atoms with Crippen molar-refractivity contribution in [3.05, 3.63) is 29.6 Å². The Balaban J connectivity index is 2.25. The summed E-state index contributed by atoms with van der Waals surface area (Å²) < 4.78 is 0. The summed E-state index contributed by atoms with van der Waals surface area (Å²) in [5.41, 5.74) is 3.64. The van der Waals surface area contributed by atoms with Gasteiger partial charge in [0.1, 0.15) is 5.52 Å². The van der Waals surface area contributed by atoms with Crippen LogP contribution in [0.25, 0.3) is 10.9 Å². The SMILES string of the molecule is CCc1cc2c(C(C)C)ccnc2c(N2CCCC2)n1. The van der Waals surface area contributed by atoms with E-state index in [4.69, 9.17) is 4.98 Å². The quantitative estimate of drug-likeness (QED) is 0.845. The van der Waals surface area contributed by atoms with Crippen molar-refractivity contribution in [3.8, 4) is 0 Å². The molecule has 0 atom stereocenters. The Kier molecular flexibility index (Phi) is 3.60. The van der Waals surface area contributed by atoms with Crippen LogP contribution in [0.1, 0.15) is 50.8 Å². The van der Waals surface area contributed by atoms with Gasteiger partial charge >= 0.3 is 0 Å². The van der Waals surface area contributed by atoms with Gasteiger partial charge in [-0.1, -0.05) is 20.8 Å². The molecule has 1 fully saturated rings. The number of hydrogen-bond donors (Lipinski definition) is 0. The first-order chi connectivity index (χ1) is 9.70. The van der Waals surface area contributed by atoms with Crippen LogP contribution in [0.3, 0.4) is 0 Å². The van der Waals surface area contributed by atoms with E-state index in [1.807, 2.05) is 6.20 Å². The van der Waals surface area contributed by atoms with Gasteiger partial charge in [-0.2, -0.15) is 0 Å². The second-order valence-corrected chi connectivity index (χ2v) is 5.94. The molecule has 0 radical (unpaired) electrons. The van der Waals surface area contributed by atoms with E-state index in [9.17, 15) is 0 Å². The normalized spacial score (nSPS) is 15.5. The van der Waals surface area contributed by atoms with E-state index in [0.29, 0.717) is 5.92 Å². The Morgan fingerprint density at radius 3 is 2.65 bits per heavy atom. The average Bonchev–Trinajstić information content (AvgIpc) is 2.99. The van der Waals surface area contributed by atoms with Crippen LogP contribution in [-0.4, -0.2) is 23.1 Å². The molecule has 0 aliphatic carbocycles. The molecule has 1 saturated heterocycles. The number of fused-ring (bicyclic) bond motifs is 1. The number of rotatable bonds is 3. The zero-order valence-corrected chi connectivity index (χ0v) is 12.7. The van der Waals surface area contributed by atoms with Crippen LogP contribution in [0.15, 0.2) is 18.3 Å². The first kappa shape index (κ1) is 13.3. The minimum absolute atomic E-state index is 0.513. The Morgan fingerprint density at radius 1 is 1.25 bits per heavy atom. The predicted octanol–water partition coefficient (Wildman–Crippen LogP) is 3.92. The Labute approximate surface area is 121 Å². The second-order valence-electron chi connectivity index (χ2n) is 5.94. The van der Waals surface area contributed by atoms with Crippen LogP contribution in [0, 0.1) is 0 Å². The van der Waals surface area contributed by atoms with Gasteiger partial charge in [-0.3, -0.25) is 4.98 Å². The third-order valence-electron chi connectivity index (χ3n) is 4.19. The molecule has 0 spiro atoms. The van der Waals surface area contributed by atoms with Crippen LogP contribution in [-0.2, 0) is 6.42 Å². The lowest BCUT2D eigenvalue weighted by molar-refractivity contribution is 0.870. The van der Waals surface area contributed by atoms with Crippen molar-refractivity contribution in [2.24, 2.45) is 0 Å². The number of anilines is 1. The first-order valence-corrected chi connectivity index (χ1v) is 7.74. The topological polar surface area (TPSA) is 29.0 Å². The van der Waals surface area contributed by atoms with Crippen molar-refractivity contribution < 1.29 is 0 Å². The fourth-order valence-corrected chi connectivity index (χ4v) is 3.04. The van der Waals surface area contributed by atoms with E-state index in [2.05, 4.69) is 42.8 Å². The van der Waals surface area contributed by atoms with E-state index in [1.54, 1.807) is 0 Å². The Hall–Kier alpha value is -1.64. The van der Waals surface area contributed by atoms with Gasteiger partial charge in [-0.05, 0) is 42.9 Å². The molecule has 3 nitrogen and oxygen atoms in total. The highest BCUT2D eigenvalue weighted by Gasteiger charge is 2.19. The van der Waals surface area contributed by atoms with Gasteiger partial charge in [-0.25, -0.2) is 4.98 Å². The molecule has 0 bridgehead atoms. The van der Waals surface area contributed by atoms with Gasteiger partial charge in [0.15, 0.2) is 5.82 Å². The first-order valence-electron chi connectivity index (χ1n) is 7.74. The van der Waals surface area contributed by atoms with E-state index in [1.165, 1.54) is 29.5 Å². The van der Waals surface area contributed by atoms with Crippen LogP contribution < -0.4 is 4.90 Å². The third kappa shape index (κ3) is 2.26. The maximum Gasteiger partial charge on any atom is 0.155 e. The summed E-state index contributed by atoms with van der Waals surface area (Å²) in [6.45, 7) is 8.89. The fourth-order valence-electron chi connectivity index (χ4n) is 3.04. The van der Waals surface area contributed by atoms with E-state index in [-0.39, 0.29) is 0 Å². The summed E-state index contributed by atoms with van der Waals surface area (Å²) in [5.74, 6) is 1.61. The molecule has 0 N–H and O–H groups in total. The van der Waals surface area contributed by atoms with Gasteiger partial charge in [0.05, 0.1) is 0 Å². The molecule has 0 amide bonds. The highest BCUT2D eigenvalue weighted by molar-refractivity contribution is 5.91. The van der Waals surface area contributed by atoms with Crippen LogP contribution >= 0.6 is 0 Å². The standard InChI is InChI=1S/C17H23N3/c1-4-13-11-15-14(12(2)3)7-8-18-16(15)17(19-13)20-9-5-6-10-20/h7-8,11-12H,4-6,9-10H2,1-3H3. The molecule has 20 heavy (non-hydrogen) atoms. The minimum Gasteiger partial charge on any atom is -0.355 e. The Morgan fingerprint density at radius 2 is 2.00 bits per heavy atom. The van der Waals surface area contributed by atoms with Crippen LogP contribution in [0.2, 0.25) is 0 Å². The summed E-state index contributed by atoms with van der Waals surface area (Å²) in [7, 11) is 0. The largest absolute Gasteiger partial charge is 0.355 e. The minimum atomic E-state index is 0.513. The van der Waals surface area contributed by atoms with Gasteiger partial charge in [0.2, 0.25) is 0 Å². The lowest BCUT2D eigenvalue weighted by Crippen LogP contribution is -2.20. The molecule has 1 aliphatic rings. The van der Waals surface area contributed by atoms with Gasteiger partial charge in [0.25, 0.3) is 0 Å². The van der Waals surface area contributed by atoms with E-state index < -0.39 is 0 Å². The van der Waals surface area contributed by atoms with E-state index in [0.717, 1.165) is 30.8 Å². The highest BCUT2D eigenvalue weighted by Crippen LogP contribution is 2.31. The lowest BCUT2D eigenvalue weighted by atomic mass is 9.98. The summed E-state index contributed by atoms with van der Waals surface area (Å²) in [4.78, 5) is 11.9. The fraction of sp³-hybridized carbons (Fsp3) is 0.529. The van der Waals surface area contributed by atoms with Gasteiger partial charge < -0.3 is 4.90 Å². The zero-order chi connectivity index (χ0) is 14.1. The van der Waals surface area contributed by atoms with Crippen molar-refractivity contribution in [1.82, 2.24) is 9.97 Å². The van der Waals surface area contributed by atoms with Crippen molar-refractivity contribution >= 4 is 16.7 Å².